The third-order valence-electron chi connectivity index (χ3n) is 3.66. The molecule has 108 valence electrons. The van der Waals surface area contributed by atoms with Crippen LogP contribution in [-0.2, 0) is 4.74 Å². The highest BCUT2D eigenvalue weighted by atomic mass is 16.5. The Morgan fingerprint density at radius 1 is 0.947 bits per heavy atom. The van der Waals surface area contributed by atoms with Crippen LogP contribution in [-0.4, -0.2) is 7.11 Å². The molecule has 1 aromatic carbocycles. The van der Waals surface area contributed by atoms with E-state index in [1.165, 1.54) is 50.5 Å². The maximum Gasteiger partial charge on any atom is 0.0821 e. The van der Waals surface area contributed by atoms with Crippen LogP contribution >= 0.6 is 0 Å². The van der Waals surface area contributed by atoms with E-state index in [1.54, 1.807) is 7.11 Å². The molecule has 1 unspecified atom stereocenters. The minimum atomic E-state index is 0.219. The molecule has 0 saturated carbocycles. The lowest BCUT2D eigenvalue weighted by molar-refractivity contribution is 0.0931. The van der Waals surface area contributed by atoms with Gasteiger partial charge in [0.1, 0.15) is 0 Å². The molecular formula is C17H29NO. The maximum absolute atomic E-state index is 5.71. The average molecular weight is 263 g/mol. The smallest absolute Gasteiger partial charge is 0.0821 e. The molecule has 1 aromatic rings. The molecule has 2 nitrogen and oxygen atoms in total. The molecule has 0 bridgehead atoms. The van der Waals surface area contributed by atoms with Gasteiger partial charge in [0, 0.05) is 12.8 Å². The zero-order valence-corrected chi connectivity index (χ0v) is 12.5. The van der Waals surface area contributed by atoms with Crippen LogP contribution in [0.25, 0.3) is 0 Å². The van der Waals surface area contributed by atoms with Gasteiger partial charge >= 0.3 is 0 Å². The Morgan fingerprint density at radius 2 is 1.53 bits per heavy atom. The quantitative estimate of drug-likeness (QED) is 0.471. The zero-order valence-electron chi connectivity index (χ0n) is 12.5. The molecule has 0 radical (unpaired) electrons. The Labute approximate surface area is 118 Å². The predicted octanol–water partition coefficient (Wildman–Crippen LogP) is 5.10. The summed E-state index contributed by atoms with van der Waals surface area (Å²) in [6.45, 7) is 2.26. The fourth-order valence-corrected chi connectivity index (χ4v) is 2.42. The van der Waals surface area contributed by atoms with Crippen LogP contribution in [0.15, 0.2) is 24.3 Å². The van der Waals surface area contributed by atoms with Gasteiger partial charge in [-0.25, -0.2) is 0 Å². The monoisotopic (exact) mass is 263 g/mol. The number of anilines is 1. The Hall–Kier alpha value is -1.02. The molecule has 0 aliphatic heterocycles. The number of nitrogen functional groups attached to an aromatic ring is 1. The zero-order chi connectivity index (χ0) is 13.9. The van der Waals surface area contributed by atoms with Gasteiger partial charge in [0.15, 0.2) is 0 Å². The highest BCUT2D eigenvalue weighted by Gasteiger charge is 2.09. The molecule has 0 aliphatic rings. The van der Waals surface area contributed by atoms with E-state index in [4.69, 9.17) is 10.5 Å². The van der Waals surface area contributed by atoms with Gasteiger partial charge in [-0.15, -0.1) is 0 Å². The van der Waals surface area contributed by atoms with Gasteiger partial charge < -0.3 is 10.5 Å². The largest absolute Gasteiger partial charge is 0.399 e. The molecule has 19 heavy (non-hydrogen) atoms. The standard InChI is InChI=1S/C17H29NO/c1-3-4-5-6-7-8-9-10-17(19-2)15-11-13-16(18)14-12-15/h11-14,17H,3-10,18H2,1-2H3. The van der Waals surface area contributed by atoms with Gasteiger partial charge in [-0.2, -0.15) is 0 Å². The number of hydrogen-bond donors (Lipinski definition) is 1. The van der Waals surface area contributed by atoms with Gasteiger partial charge in [-0.3, -0.25) is 0 Å². The maximum atomic E-state index is 5.71. The predicted molar refractivity (Wildman–Crippen MR) is 83.2 cm³/mol. The van der Waals surface area contributed by atoms with Crippen molar-refractivity contribution < 1.29 is 4.74 Å². The van der Waals surface area contributed by atoms with Crippen molar-refractivity contribution in [1.29, 1.82) is 0 Å². The molecule has 0 heterocycles. The second kappa shape index (κ2) is 9.85. The van der Waals surface area contributed by atoms with Crippen LogP contribution in [0.1, 0.15) is 70.0 Å². The normalized spacial score (nSPS) is 12.5. The van der Waals surface area contributed by atoms with Gasteiger partial charge in [-0.1, -0.05) is 64.0 Å². The van der Waals surface area contributed by atoms with Crippen LogP contribution in [0, 0.1) is 0 Å². The van der Waals surface area contributed by atoms with E-state index >= 15 is 0 Å². The van der Waals surface area contributed by atoms with Crippen LogP contribution in [0.3, 0.4) is 0 Å². The molecule has 1 rings (SSSR count). The lowest BCUT2D eigenvalue weighted by Crippen LogP contribution is -2.01. The lowest BCUT2D eigenvalue weighted by Gasteiger charge is -2.15. The van der Waals surface area contributed by atoms with Crippen LogP contribution < -0.4 is 5.73 Å². The van der Waals surface area contributed by atoms with Gasteiger partial charge in [-0.05, 0) is 24.1 Å². The summed E-state index contributed by atoms with van der Waals surface area (Å²) in [6.07, 6.45) is 10.7. The summed E-state index contributed by atoms with van der Waals surface area (Å²) in [5.41, 5.74) is 7.76. The van der Waals surface area contributed by atoms with Gasteiger partial charge in [0.25, 0.3) is 0 Å². The summed E-state index contributed by atoms with van der Waals surface area (Å²) >= 11 is 0. The van der Waals surface area contributed by atoms with Crippen molar-refractivity contribution in [3.63, 3.8) is 0 Å². The number of rotatable bonds is 10. The average Bonchev–Trinajstić information content (AvgIpc) is 2.43. The number of methoxy groups -OCH3 is 1. The minimum absolute atomic E-state index is 0.219. The highest BCUT2D eigenvalue weighted by molar-refractivity contribution is 5.39. The van der Waals surface area contributed by atoms with Crippen molar-refractivity contribution in [2.24, 2.45) is 0 Å². The summed E-state index contributed by atoms with van der Waals surface area (Å²) in [7, 11) is 1.79. The Morgan fingerprint density at radius 3 is 2.11 bits per heavy atom. The van der Waals surface area contributed by atoms with Crippen molar-refractivity contribution in [3.8, 4) is 0 Å². The summed E-state index contributed by atoms with van der Waals surface area (Å²) in [5, 5.41) is 0. The molecule has 0 aliphatic carbocycles. The summed E-state index contributed by atoms with van der Waals surface area (Å²) in [4.78, 5) is 0. The van der Waals surface area contributed by atoms with Crippen molar-refractivity contribution in [2.75, 3.05) is 12.8 Å². The van der Waals surface area contributed by atoms with Gasteiger partial charge in [0.2, 0.25) is 0 Å². The second-order valence-corrected chi connectivity index (χ2v) is 5.30. The third-order valence-corrected chi connectivity index (χ3v) is 3.66. The number of nitrogens with two attached hydrogens (primary N) is 1. The topological polar surface area (TPSA) is 35.2 Å². The third kappa shape index (κ3) is 6.63. The Kier molecular flexibility index (Phi) is 8.31. The van der Waals surface area contributed by atoms with E-state index in [9.17, 15) is 0 Å². The molecule has 0 fully saturated rings. The molecule has 0 spiro atoms. The van der Waals surface area contributed by atoms with Crippen molar-refractivity contribution in [1.82, 2.24) is 0 Å². The van der Waals surface area contributed by atoms with E-state index in [0.29, 0.717) is 0 Å². The summed E-state index contributed by atoms with van der Waals surface area (Å²) in [5.74, 6) is 0. The highest BCUT2D eigenvalue weighted by Crippen LogP contribution is 2.24. The minimum Gasteiger partial charge on any atom is -0.399 e. The molecule has 2 heteroatoms. The first kappa shape index (κ1) is 16.0. The first-order valence-electron chi connectivity index (χ1n) is 7.66. The summed E-state index contributed by atoms with van der Waals surface area (Å²) in [6, 6.07) is 8.05. The molecule has 1 atom stereocenters. The molecule has 0 aromatic heterocycles. The van der Waals surface area contributed by atoms with Crippen molar-refractivity contribution >= 4 is 5.69 Å². The van der Waals surface area contributed by atoms with E-state index in [1.807, 2.05) is 12.1 Å². The molecular weight excluding hydrogens is 234 g/mol. The fourth-order valence-electron chi connectivity index (χ4n) is 2.42. The molecule has 0 amide bonds. The van der Waals surface area contributed by atoms with E-state index in [0.717, 1.165) is 12.1 Å². The van der Waals surface area contributed by atoms with Crippen LogP contribution in [0.5, 0.6) is 0 Å². The van der Waals surface area contributed by atoms with E-state index in [-0.39, 0.29) is 6.10 Å². The van der Waals surface area contributed by atoms with Crippen molar-refractivity contribution in [3.05, 3.63) is 29.8 Å². The fraction of sp³-hybridized carbons (Fsp3) is 0.647. The first-order chi connectivity index (χ1) is 9.27. The number of ether oxygens (including phenoxy) is 1. The molecule has 0 saturated heterocycles. The molecule has 2 N–H and O–H groups in total. The Bertz CT molecular complexity index is 321. The first-order valence-corrected chi connectivity index (χ1v) is 7.66. The van der Waals surface area contributed by atoms with Crippen molar-refractivity contribution in [2.45, 2.75) is 64.4 Å². The van der Waals surface area contributed by atoms with Crippen LogP contribution in [0.2, 0.25) is 0 Å². The Balaban J connectivity index is 2.20. The lowest BCUT2D eigenvalue weighted by atomic mass is 10.0. The number of benzene rings is 1. The number of hydrogen-bond acceptors (Lipinski definition) is 2. The SMILES string of the molecule is CCCCCCCCCC(OC)c1ccc(N)cc1. The second-order valence-electron chi connectivity index (χ2n) is 5.30. The van der Waals surface area contributed by atoms with Crippen LogP contribution in [0.4, 0.5) is 5.69 Å². The van der Waals surface area contributed by atoms with E-state index in [2.05, 4.69) is 19.1 Å². The summed E-state index contributed by atoms with van der Waals surface area (Å²) < 4.78 is 5.58. The van der Waals surface area contributed by atoms with Gasteiger partial charge in [0.05, 0.1) is 6.10 Å². The van der Waals surface area contributed by atoms with E-state index < -0.39 is 0 Å². The number of unbranched alkanes of at least 4 members (excludes halogenated alkanes) is 6.